The lowest BCUT2D eigenvalue weighted by molar-refractivity contribution is -0.117. The summed E-state index contributed by atoms with van der Waals surface area (Å²) in [5.74, 6) is -0.0596. The van der Waals surface area contributed by atoms with Crippen LogP contribution in [0.2, 0.25) is 0 Å². The Morgan fingerprint density at radius 1 is 1.39 bits per heavy atom. The van der Waals surface area contributed by atoms with Crippen molar-refractivity contribution >= 4 is 33.0 Å². The molecule has 1 aliphatic rings. The number of anilines is 1. The second-order valence-electron chi connectivity index (χ2n) is 5.30. The molecule has 0 radical (unpaired) electrons. The summed E-state index contributed by atoms with van der Waals surface area (Å²) in [5.41, 5.74) is 1.42. The van der Waals surface area contributed by atoms with E-state index in [4.69, 9.17) is 0 Å². The smallest absolute Gasteiger partial charge is 0.240 e. The van der Waals surface area contributed by atoms with E-state index in [-0.39, 0.29) is 23.8 Å². The first-order valence-electron chi connectivity index (χ1n) is 6.99. The molecule has 1 aromatic carbocycles. The van der Waals surface area contributed by atoms with E-state index in [9.17, 15) is 18.3 Å². The summed E-state index contributed by atoms with van der Waals surface area (Å²) in [5, 5.41) is 11.8. The molecule has 6 nitrogen and oxygen atoms in total. The molecule has 1 aliphatic heterocycles. The number of aliphatic hydroxyl groups is 1. The van der Waals surface area contributed by atoms with Crippen LogP contribution in [0.25, 0.3) is 0 Å². The van der Waals surface area contributed by atoms with E-state index in [0.717, 1.165) is 5.69 Å². The number of hydrogen-bond acceptors (Lipinski definition) is 5. The Morgan fingerprint density at radius 2 is 2.17 bits per heavy atom. The van der Waals surface area contributed by atoms with Gasteiger partial charge < -0.3 is 10.0 Å². The molecule has 0 bridgehead atoms. The second kappa shape index (κ2) is 6.04. The van der Waals surface area contributed by atoms with E-state index in [2.05, 4.69) is 4.72 Å². The Balaban J connectivity index is 1.76. The highest BCUT2D eigenvalue weighted by Gasteiger charge is 2.26. The molecule has 2 heterocycles. The maximum Gasteiger partial charge on any atom is 0.240 e. The summed E-state index contributed by atoms with van der Waals surface area (Å²) in [6.07, 6.45) is -0.681. The number of aliphatic hydroxyl groups excluding tert-OH is 1. The fraction of sp³-hybridized carbons (Fsp3) is 0.267. The molecular weight excluding hydrogens is 336 g/mol. The highest BCUT2D eigenvalue weighted by Crippen LogP contribution is 2.29. The number of rotatable bonds is 5. The first-order chi connectivity index (χ1) is 10.9. The molecule has 23 heavy (non-hydrogen) atoms. The molecule has 1 aromatic heterocycles. The van der Waals surface area contributed by atoms with Crippen molar-refractivity contribution in [1.29, 1.82) is 0 Å². The standard InChI is InChI=1S/C15H16N2O4S2/c1-17-12-5-4-11(7-10(12)8-15(17)19)23(20,21)16-9-13(18)14-3-2-6-22-14/h2-7,13,16,18H,8-9H2,1H3. The van der Waals surface area contributed by atoms with Crippen molar-refractivity contribution in [2.45, 2.75) is 17.4 Å². The average Bonchev–Trinajstić information content (AvgIpc) is 3.14. The van der Waals surface area contributed by atoms with Crippen LogP contribution < -0.4 is 9.62 Å². The zero-order valence-corrected chi connectivity index (χ0v) is 14.0. The normalized spacial score (nSPS) is 15.7. The van der Waals surface area contributed by atoms with E-state index in [1.807, 2.05) is 5.38 Å². The van der Waals surface area contributed by atoms with Gasteiger partial charge in [0.2, 0.25) is 15.9 Å². The minimum absolute atomic E-state index is 0.0596. The lowest BCUT2D eigenvalue weighted by atomic mass is 10.2. The molecule has 1 atom stereocenters. The topological polar surface area (TPSA) is 86.7 Å². The maximum absolute atomic E-state index is 12.4. The van der Waals surface area contributed by atoms with Gasteiger partial charge in [0.15, 0.2) is 0 Å². The Labute approximate surface area is 138 Å². The minimum Gasteiger partial charge on any atom is -0.386 e. The zero-order valence-electron chi connectivity index (χ0n) is 12.4. The Kier molecular flexibility index (Phi) is 4.24. The van der Waals surface area contributed by atoms with Crippen molar-refractivity contribution in [2.75, 3.05) is 18.5 Å². The van der Waals surface area contributed by atoms with Gasteiger partial charge in [-0.1, -0.05) is 6.07 Å². The number of carbonyl (C=O) groups is 1. The van der Waals surface area contributed by atoms with Gasteiger partial charge in [0.25, 0.3) is 0 Å². The van der Waals surface area contributed by atoms with Crippen LogP contribution in [0.15, 0.2) is 40.6 Å². The van der Waals surface area contributed by atoms with E-state index in [1.54, 1.807) is 25.2 Å². The SMILES string of the molecule is CN1C(=O)Cc2cc(S(=O)(=O)NCC(O)c3cccs3)ccc21. The third kappa shape index (κ3) is 3.16. The molecule has 1 unspecified atom stereocenters. The summed E-state index contributed by atoms with van der Waals surface area (Å²) < 4.78 is 27.1. The lowest BCUT2D eigenvalue weighted by Gasteiger charge is -2.13. The number of benzene rings is 1. The van der Waals surface area contributed by atoms with Gasteiger partial charge in [-0.3, -0.25) is 4.79 Å². The van der Waals surface area contributed by atoms with Crippen LogP contribution in [0.1, 0.15) is 16.5 Å². The molecular formula is C15H16N2O4S2. The summed E-state index contributed by atoms with van der Waals surface area (Å²) in [4.78, 5) is 14.0. The van der Waals surface area contributed by atoms with E-state index < -0.39 is 16.1 Å². The molecule has 8 heteroatoms. The highest BCUT2D eigenvalue weighted by molar-refractivity contribution is 7.89. The van der Waals surface area contributed by atoms with Crippen LogP contribution in [-0.4, -0.2) is 33.0 Å². The quantitative estimate of drug-likeness (QED) is 0.849. The van der Waals surface area contributed by atoms with E-state index in [0.29, 0.717) is 10.4 Å². The monoisotopic (exact) mass is 352 g/mol. The van der Waals surface area contributed by atoms with Crippen molar-refractivity contribution in [1.82, 2.24) is 4.72 Å². The largest absolute Gasteiger partial charge is 0.386 e. The number of sulfonamides is 1. The number of nitrogens with zero attached hydrogens (tertiary/aromatic N) is 1. The summed E-state index contributed by atoms with van der Waals surface area (Å²) in [7, 11) is -2.07. The summed E-state index contributed by atoms with van der Waals surface area (Å²) in [6, 6.07) is 8.15. The number of likely N-dealkylation sites (N-methyl/N-ethyl adjacent to an activating group) is 1. The molecule has 0 fully saturated rings. The Hall–Kier alpha value is -1.74. The van der Waals surface area contributed by atoms with Crippen LogP contribution in [0.3, 0.4) is 0 Å². The van der Waals surface area contributed by atoms with Gasteiger partial charge in [-0.2, -0.15) is 0 Å². The number of nitrogens with one attached hydrogen (secondary N) is 1. The summed E-state index contributed by atoms with van der Waals surface area (Å²) >= 11 is 1.37. The second-order valence-corrected chi connectivity index (χ2v) is 8.05. The number of amides is 1. The van der Waals surface area contributed by atoms with Crippen molar-refractivity contribution in [3.8, 4) is 0 Å². The molecule has 2 aromatic rings. The third-order valence-electron chi connectivity index (χ3n) is 3.78. The molecule has 0 saturated carbocycles. The van der Waals surface area contributed by atoms with Crippen molar-refractivity contribution in [2.24, 2.45) is 0 Å². The maximum atomic E-state index is 12.4. The third-order valence-corrected chi connectivity index (χ3v) is 6.17. The van der Waals surface area contributed by atoms with Gasteiger partial charge in [0, 0.05) is 24.2 Å². The van der Waals surface area contributed by atoms with Gasteiger partial charge in [0.05, 0.1) is 11.3 Å². The van der Waals surface area contributed by atoms with Crippen LogP contribution in [0.4, 0.5) is 5.69 Å². The number of fused-ring (bicyclic) bond motifs is 1. The molecule has 0 spiro atoms. The van der Waals surface area contributed by atoms with Crippen molar-refractivity contribution < 1.29 is 18.3 Å². The van der Waals surface area contributed by atoms with Gasteiger partial charge >= 0.3 is 0 Å². The van der Waals surface area contributed by atoms with Crippen LogP contribution in [0, 0.1) is 0 Å². The number of carbonyl (C=O) groups excluding carboxylic acids is 1. The van der Waals surface area contributed by atoms with Crippen LogP contribution in [-0.2, 0) is 21.2 Å². The first kappa shape index (κ1) is 16.1. The summed E-state index contributed by atoms with van der Waals surface area (Å²) in [6.45, 7) is -0.0984. The molecule has 1 amide bonds. The fourth-order valence-electron chi connectivity index (χ4n) is 2.47. The molecule has 2 N–H and O–H groups in total. The fourth-order valence-corrected chi connectivity index (χ4v) is 4.27. The average molecular weight is 352 g/mol. The number of hydrogen-bond donors (Lipinski definition) is 2. The molecule has 122 valence electrons. The van der Waals surface area contributed by atoms with Crippen LogP contribution >= 0.6 is 11.3 Å². The zero-order chi connectivity index (χ0) is 16.6. The minimum atomic E-state index is -3.74. The predicted molar refractivity (Wildman–Crippen MR) is 88.0 cm³/mol. The molecule has 0 saturated heterocycles. The Morgan fingerprint density at radius 3 is 2.87 bits per heavy atom. The molecule has 3 rings (SSSR count). The number of thiophene rings is 1. The molecule has 0 aliphatic carbocycles. The first-order valence-corrected chi connectivity index (χ1v) is 9.35. The van der Waals surface area contributed by atoms with Gasteiger partial charge in [-0.05, 0) is 35.2 Å². The Bertz CT molecular complexity index is 831. The highest BCUT2D eigenvalue weighted by atomic mass is 32.2. The van der Waals surface area contributed by atoms with Gasteiger partial charge in [-0.15, -0.1) is 11.3 Å². The van der Waals surface area contributed by atoms with Gasteiger partial charge in [-0.25, -0.2) is 13.1 Å². The predicted octanol–water partition coefficient (Wildman–Crippen LogP) is 1.28. The van der Waals surface area contributed by atoms with Crippen LogP contribution in [0.5, 0.6) is 0 Å². The van der Waals surface area contributed by atoms with Crippen molar-refractivity contribution in [3.05, 3.63) is 46.2 Å². The van der Waals surface area contributed by atoms with E-state index in [1.165, 1.54) is 28.4 Å². The van der Waals surface area contributed by atoms with Gasteiger partial charge in [0.1, 0.15) is 6.10 Å². The van der Waals surface area contributed by atoms with E-state index >= 15 is 0 Å². The van der Waals surface area contributed by atoms with Crippen molar-refractivity contribution in [3.63, 3.8) is 0 Å². The lowest BCUT2D eigenvalue weighted by Crippen LogP contribution is -2.28.